The Labute approximate surface area is 145 Å². The van der Waals surface area contributed by atoms with Crippen LogP contribution in [0.15, 0.2) is 41.1 Å². The molecule has 0 bridgehead atoms. The summed E-state index contributed by atoms with van der Waals surface area (Å²) in [6.07, 6.45) is 5.57. The molecule has 2 aromatic rings. The normalized spacial score (nSPS) is 19.8. The molecule has 0 radical (unpaired) electrons. The number of rotatable bonds is 3. The van der Waals surface area contributed by atoms with E-state index in [0.717, 1.165) is 42.0 Å². The van der Waals surface area contributed by atoms with Gasteiger partial charge in [-0.05, 0) is 59.0 Å². The van der Waals surface area contributed by atoms with Crippen LogP contribution in [0.5, 0.6) is 11.5 Å². The van der Waals surface area contributed by atoms with Crippen molar-refractivity contribution in [1.82, 2.24) is 4.90 Å². The van der Waals surface area contributed by atoms with E-state index < -0.39 is 0 Å². The zero-order chi connectivity index (χ0) is 16.4. The quantitative estimate of drug-likeness (QED) is 0.795. The highest BCUT2D eigenvalue weighted by Gasteiger charge is 2.29. The van der Waals surface area contributed by atoms with Crippen molar-refractivity contribution in [3.63, 3.8) is 0 Å². The van der Waals surface area contributed by atoms with Crippen LogP contribution in [-0.2, 0) is 4.79 Å². The maximum absolute atomic E-state index is 12.6. The Morgan fingerprint density at radius 2 is 2.08 bits per heavy atom. The number of fused-ring (bicyclic) bond motifs is 1. The van der Waals surface area contributed by atoms with Crippen LogP contribution in [0.2, 0.25) is 0 Å². The maximum Gasteiger partial charge on any atom is 0.247 e. The zero-order valence-corrected chi connectivity index (χ0v) is 14.1. The SMILES string of the molecule is O=C(/C=C/c1ccsc1)N1CCCC1c1ccc2c(c1)OCCO2. The molecule has 4 rings (SSSR count). The van der Waals surface area contributed by atoms with Crippen LogP contribution in [0, 0.1) is 0 Å². The number of benzene rings is 1. The van der Waals surface area contributed by atoms with E-state index in [1.165, 1.54) is 0 Å². The molecule has 5 heteroatoms. The van der Waals surface area contributed by atoms with Gasteiger partial charge in [-0.3, -0.25) is 4.79 Å². The number of thiophene rings is 1. The summed E-state index contributed by atoms with van der Waals surface area (Å²) in [5, 5.41) is 4.05. The summed E-state index contributed by atoms with van der Waals surface area (Å²) in [4.78, 5) is 14.6. The number of ether oxygens (including phenoxy) is 2. The van der Waals surface area contributed by atoms with Crippen molar-refractivity contribution in [3.05, 3.63) is 52.2 Å². The molecule has 0 spiro atoms. The van der Waals surface area contributed by atoms with Gasteiger partial charge in [-0.2, -0.15) is 11.3 Å². The standard InChI is InChI=1S/C19H19NO3S/c21-19(6-3-14-7-11-24-13-14)20-8-1-2-16(20)15-4-5-17-18(12-15)23-10-9-22-17/h3-7,11-13,16H,1-2,8-10H2/b6-3+. The third-order valence-corrected chi connectivity index (χ3v) is 5.15. The molecule has 1 unspecified atom stereocenters. The first-order valence-corrected chi connectivity index (χ1v) is 9.16. The summed E-state index contributed by atoms with van der Waals surface area (Å²) in [7, 11) is 0. The van der Waals surface area contributed by atoms with Gasteiger partial charge in [0, 0.05) is 12.6 Å². The second kappa shape index (κ2) is 6.69. The van der Waals surface area contributed by atoms with Crippen molar-refractivity contribution in [2.24, 2.45) is 0 Å². The molecule has 2 aliphatic rings. The zero-order valence-electron chi connectivity index (χ0n) is 13.3. The van der Waals surface area contributed by atoms with Gasteiger partial charge in [-0.25, -0.2) is 0 Å². The van der Waals surface area contributed by atoms with Crippen molar-refractivity contribution in [1.29, 1.82) is 0 Å². The van der Waals surface area contributed by atoms with Crippen LogP contribution in [0.4, 0.5) is 0 Å². The fourth-order valence-corrected chi connectivity index (χ4v) is 3.91. The molecule has 1 aromatic heterocycles. The first-order valence-electron chi connectivity index (χ1n) is 8.22. The predicted molar refractivity (Wildman–Crippen MR) is 94.5 cm³/mol. The van der Waals surface area contributed by atoms with Crippen molar-refractivity contribution < 1.29 is 14.3 Å². The van der Waals surface area contributed by atoms with E-state index in [9.17, 15) is 4.79 Å². The lowest BCUT2D eigenvalue weighted by molar-refractivity contribution is -0.126. The van der Waals surface area contributed by atoms with Gasteiger partial charge in [-0.15, -0.1) is 0 Å². The van der Waals surface area contributed by atoms with E-state index in [1.54, 1.807) is 17.4 Å². The highest BCUT2D eigenvalue weighted by Crippen LogP contribution is 2.38. The molecule has 1 fully saturated rings. The number of likely N-dealkylation sites (tertiary alicyclic amines) is 1. The Morgan fingerprint density at radius 1 is 1.21 bits per heavy atom. The monoisotopic (exact) mass is 341 g/mol. The second-order valence-electron chi connectivity index (χ2n) is 5.98. The van der Waals surface area contributed by atoms with Crippen LogP contribution < -0.4 is 9.47 Å². The molecule has 2 aliphatic heterocycles. The van der Waals surface area contributed by atoms with Gasteiger partial charge in [-0.1, -0.05) is 6.07 Å². The molecule has 1 atom stereocenters. The molecule has 0 aliphatic carbocycles. The summed E-state index contributed by atoms with van der Waals surface area (Å²) >= 11 is 1.63. The smallest absolute Gasteiger partial charge is 0.247 e. The average molecular weight is 341 g/mol. The first-order chi connectivity index (χ1) is 11.8. The molecule has 1 amide bonds. The molecule has 0 N–H and O–H groups in total. The predicted octanol–water partition coefficient (Wildman–Crippen LogP) is 3.90. The van der Waals surface area contributed by atoms with Gasteiger partial charge in [0.05, 0.1) is 6.04 Å². The minimum atomic E-state index is 0.0681. The lowest BCUT2D eigenvalue weighted by atomic mass is 10.0. The van der Waals surface area contributed by atoms with Gasteiger partial charge < -0.3 is 14.4 Å². The van der Waals surface area contributed by atoms with Crippen molar-refractivity contribution in [2.45, 2.75) is 18.9 Å². The van der Waals surface area contributed by atoms with Crippen molar-refractivity contribution in [3.8, 4) is 11.5 Å². The minimum absolute atomic E-state index is 0.0681. The number of carbonyl (C=O) groups is 1. The highest BCUT2D eigenvalue weighted by atomic mass is 32.1. The van der Waals surface area contributed by atoms with Gasteiger partial charge in [0.15, 0.2) is 11.5 Å². The average Bonchev–Trinajstić information content (AvgIpc) is 3.31. The van der Waals surface area contributed by atoms with Gasteiger partial charge in [0.1, 0.15) is 13.2 Å². The van der Waals surface area contributed by atoms with E-state index >= 15 is 0 Å². The number of hydrogen-bond acceptors (Lipinski definition) is 4. The van der Waals surface area contributed by atoms with Crippen molar-refractivity contribution in [2.75, 3.05) is 19.8 Å². The maximum atomic E-state index is 12.6. The lowest BCUT2D eigenvalue weighted by Crippen LogP contribution is -2.29. The van der Waals surface area contributed by atoms with Crippen LogP contribution in [0.3, 0.4) is 0 Å². The van der Waals surface area contributed by atoms with Crippen LogP contribution in [0.25, 0.3) is 6.08 Å². The van der Waals surface area contributed by atoms with Gasteiger partial charge in [0.2, 0.25) is 5.91 Å². The highest BCUT2D eigenvalue weighted by molar-refractivity contribution is 7.08. The molecule has 4 nitrogen and oxygen atoms in total. The summed E-state index contributed by atoms with van der Waals surface area (Å²) < 4.78 is 11.3. The fourth-order valence-electron chi connectivity index (χ4n) is 3.28. The Morgan fingerprint density at radius 3 is 2.92 bits per heavy atom. The number of amides is 1. The molecular weight excluding hydrogens is 322 g/mol. The van der Waals surface area contributed by atoms with Crippen molar-refractivity contribution >= 4 is 23.3 Å². The van der Waals surface area contributed by atoms with Gasteiger partial charge >= 0.3 is 0 Å². The molecule has 3 heterocycles. The Balaban J connectivity index is 1.53. The fraction of sp³-hybridized carbons (Fsp3) is 0.316. The second-order valence-corrected chi connectivity index (χ2v) is 6.76. The summed E-state index contributed by atoms with van der Waals surface area (Å²) in [6.45, 7) is 1.97. The van der Waals surface area contributed by atoms with Gasteiger partial charge in [0.25, 0.3) is 0 Å². The topological polar surface area (TPSA) is 38.8 Å². The minimum Gasteiger partial charge on any atom is -0.486 e. The summed E-state index contributed by atoms with van der Waals surface area (Å²) in [5.41, 5.74) is 2.19. The third-order valence-electron chi connectivity index (χ3n) is 4.45. The van der Waals surface area contributed by atoms with E-state index in [1.807, 2.05) is 46.0 Å². The summed E-state index contributed by atoms with van der Waals surface area (Å²) in [5.74, 6) is 1.64. The molecule has 124 valence electrons. The van der Waals surface area contributed by atoms with E-state index in [-0.39, 0.29) is 11.9 Å². The molecular formula is C19H19NO3S. The van der Waals surface area contributed by atoms with E-state index in [0.29, 0.717) is 13.2 Å². The largest absolute Gasteiger partial charge is 0.486 e. The van der Waals surface area contributed by atoms with Crippen LogP contribution in [0.1, 0.15) is 30.0 Å². The first kappa shape index (κ1) is 15.3. The number of carbonyl (C=O) groups excluding carboxylic acids is 1. The van der Waals surface area contributed by atoms with E-state index in [4.69, 9.17) is 9.47 Å². The Kier molecular flexibility index (Phi) is 4.26. The Hall–Kier alpha value is -2.27. The Bertz CT molecular complexity index is 754. The number of hydrogen-bond donors (Lipinski definition) is 0. The van der Waals surface area contributed by atoms with Crippen LogP contribution >= 0.6 is 11.3 Å². The molecule has 24 heavy (non-hydrogen) atoms. The molecule has 0 saturated carbocycles. The third kappa shape index (κ3) is 3.04. The van der Waals surface area contributed by atoms with E-state index in [2.05, 4.69) is 0 Å². The van der Waals surface area contributed by atoms with Crippen LogP contribution in [-0.4, -0.2) is 30.6 Å². The molecule has 1 saturated heterocycles. The lowest BCUT2D eigenvalue weighted by Gasteiger charge is -2.26. The number of nitrogens with zero attached hydrogens (tertiary/aromatic N) is 1. The molecule has 1 aromatic carbocycles. The summed E-state index contributed by atoms with van der Waals surface area (Å²) in [6, 6.07) is 8.14.